The number of anilines is 1. The predicted octanol–water partition coefficient (Wildman–Crippen LogP) is 3.07. The summed E-state index contributed by atoms with van der Waals surface area (Å²) in [6.45, 7) is 11.2. The Hall–Kier alpha value is -1.82. The molecule has 0 fully saturated rings. The molecule has 0 unspecified atom stereocenters. The zero-order valence-corrected chi connectivity index (χ0v) is 15.0. The molecule has 1 N–H and O–H groups in total. The minimum Gasteiger partial charge on any atom is -0.276 e. The highest BCUT2D eigenvalue weighted by molar-refractivity contribution is 7.92. The molecule has 0 saturated carbocycles. The van der Waals surface area contributed by atoms with Gasteiger partial charge in [-0.05, 0) is 63.8 Å². The molecule has 0 amide bonds. The van der Waals surface area contributed by atoms with E-state index in [-0.39, 0.29) is 0 Å². The summed E-state index contributed by atoms with van der Waals surface area (Å²) < 4.78 is 30.2. The molecular formula is C16H23N3O2S. The maximum absolute atomic E-state index is 12.9. The number of nitrogens with zero attached hydrogens (tertiary/aromatic N) is 2. The predicted molar refractivity (Wildman–Crippen MR) is 88.9 cm³/mol. The van der Waals surface area contributed by atoms with Crippen molar-refractivity contribution in [3.8, 4) is 0 Å². The summed E-state index contributed by atoms with van der Waals surface area (Å²) in [5.74, 6) is 0. The van der Waals surface area contributed by atoms with Crippen LogP contribution in [0.4, 0.5) is 5.69 Å². The first-order valence-corrected chi connectivity index (χ1v) is 8.65. The van der Waals surface area contributed by atoms with Gasteiger partial charge in [-0.15, -0.1) is 0 Å². The second-order valence-corrected chi connectivity index (χ2v) is 7.48. The zero-order valence-electron chi connectivity index (χ0n) is 14.2. The molecule has 0 atom stereocenters. The van der Waals surface area contributed by atoms with Crippen molar-refractivity contribution in [1.29, 1.82) is 0 Å². The van der Waals surface area contributed by atoms with Gasteiger partial charge in [0.15, 0.2) is 0 Å². The highest BCUT2D eigenvalue weighted by Crippen LogP contribution is 2.29. The maximum Gasteiger partial charge on any atom is 0.262 e. The van der Waals surface area contributed by atoms with E-state index in [4.69, 9.17) is 0 Å². The summed E-state index contributed by atoms with van der Waals surface area (Å²) in [4.78, 5) is 0.368. The van der Waals surface area contributed by atoms with Crippen molar-refractivity contribution in [3.05, 3.63) is 39.7 Å². The van der Waals surface area contributed by atoms with Crippen LogP contribution in [-0.2, 0) is 17.1 Å². The van der Waals surface area contributed by atoms with Gasteiger partial charge in [-0.1, -0.05) is 6.07 Å². The van der Waals surface area contributed by atoms with Crippen LogP contribution < -0.4 is 4.72 Å². The molecule has 2 rings (SSSR count). The normalized spacial score (nSPS) is 11.8. The fraction of sp³-hybridized carbons (Fsp3) is 0.438. The summed E-state index contributed by atoms with van der Waals surface area (Å²) >= 11 is 0. The molecular weight excluding hydrogens is 298 g/mol. The third-order valence-corrected chi connectivity index (χ3v) is 5.93. The summed E-state index contributed by atoms with van der Waals surface area (Å²) in [6.07, 6.45) is 0. The Morgan fingerprint density at radius 2 is 1.50 bits per heavy atom. The van der Waals surface area contributed by atoms with Crippen molar-refractivity contribution in [2.45, 2.75) is 46.4 Å². The molecule has 0 spiro atoms. The lowest BCUT2D eigenvalue weighted by molar-refractivity contribution is 0.599. The van der Waals surface area contributed by atoms with Crippen LogP contribution in [0.15, 0.2) is 11.0 Å². The van der Waals surface area contributed by atoms with E-state index >= 15 is 0 Å². The van der Waals surface area contributed by atoms with Gasteiger partial charge in [0.05, 0.1) is 22.0 Å². The van der Waals surface area contributed by atoms with Crippen molar-refractivity contribution in [1.82, 2.24) is 9.78 Å². The number of hydrogen-bond donors (Lipinski definition) is 1. The Balaban J connectivity index is 2.62. The molecule has 0 aliphatic carbocycles. The van der Waals surface area contributed by atoms with E-state index in [1.54, 1.807) is 18.7 Å². The third kappa shape index (κ3) is 2.63. The highest BCUT2D eigenvalue weighted by Gasteiger charge is 2.24. The average Bonchev–Trinajstić information content (AvgIpc) is 2.63. The van der Waals surface area contributed by atoms with E-state index in [2.05, 4.69) is 9.82 Å². The molecule has 6 heteroatoms. The SMILES string of the molecule is Cc1cc(C)c(C)c(S(=O)(=O)Nc2c(C)nn(C)c2C)c1C. The molecule has 1 aromatic heterocycles. The average molecular weight is 321 g/mol. The van der Waals surface area contributed by atoms with Gasteiger partial charge >= 0.3 is 0 Å². The smallest absolute Gasteiger partial charge is 0.262 e. The Bertz CT molecular complexity index is 823. The molecule has 2 aromatic rings. The molecule has 120 valence electrons. The Labute approximate surface area is 132 Å². The first-order valence-electron chi connectivity index (χ1n) is 7.16. The van der Waals surface area contributed by atoms with E-state index in [1.807, 2.05) is 40.7 Å². The quantitative estimate of drug-likeness (QED) is 0.945. The lowest BCUT2D eigenvalue weighted by atomic mass is 10.0. The van der Waals surface area contributed by atoms with Gasteiger partial charge in [0.2, 0.25) is 0 Å². The lowest BCUT2D eigenvalue weighted by Gasteiger charge is -2.17. The standard InChI is InChI=1S/C16H23N3O2S/c1-9-8-10(2)12(4)16(11(9)3)22(20,21)18-15-13(5)17-19(7)14(15)6/h8,18H,1-7H3. The van der Waals surface area contributed by atoms with Crippen LogP contribution in [0.5, 0.6) is 0 Å². The molecule has 0 radical (unpaired) electrons. The summed E-state index contributed by atoms with van der Waals surface area (Å²) in [5, 5.41) is 4.26. The lowest BCUT2D eigenvalue weighted by Crippen LogP contribution is -2.18. The van der Waals surface area contributed by atoms with Gasteiger partial charge in [-0.25, -0.2) is 8.42 Å². The van der Waals surface area contributed by atoms with E-state index in [1.165, 1.54) is 0 Å². The second-order valence-electron chi connectivity index (χ2n) is 5.86. The van der Waals surface area contributed by atoms with Gasteiger partial charge in [0.25, 0.3) is 10.0 Å². The number of hydrogen-bond acceptors (Lipinski definition) is 3. The molecule has 0 aliphatic heterocycles. The molecule has 22 heavy (non-hydrogen) atoms. The van der Waals surface area contributed by atoms with Crippen LogP contribution in [0.1, 0.15) is 33.6 Å². The van der Waals surface area contributed by atoms with Gasteiger partial charge in [-0.3, -0.25) is 9.40 Å². The van der Waals surface area contributed by atoms with E-state index in [9.17, 15) is 8.42 Å². The summed E-state index contributed by atoms with van der Waals surface area (Å²) in [6, 6.07) is 2.02. The van der Waals surface area contributed by atoms with Crippen LogP contribution >= 0.6 is 0 Å². The number of aromatic nitrogens is 2. The Kier molecular flexibility index (Phi) is 4.08. The van der Waals surface area contributed by atoms with Gasteiger partial charge in [0, 0.05) is 7.05 Å². The van der Waals surface area contributed by atoms with Crippen LogP contribution in [0.3, 0.4) is 0 Å². The third-order valence-electron chi connectivity index (χ3n) is 4.31. The summed E-state index contributed by atoms with van der Waals surface area (Å²) in [7, 11) is -1.86. The molecule has 0 bridgehead atoms. The van der Waals surface area contributed by atoms with Crippen molar-refractivity contribution in [2.24, 2.45) is 7.05 Å². The number of nitrogens with one attached hydrogen (secondary N) is 1. The van der Waals surface area contributed by atoms with Crippen LogP contribution in [-0.4, -0.2) is 18.2 Å². The maximum atomic E-state index is 12.9. The van der Waals surface area contributed by atoms with Crippen LogP contribution in [0.25, 0.3) is 0 Å². The monoisotopic (exact) mass is 321 g/mol. The zero-order chi connectivity index (χ0) is 16.8. The van der Waals surface area contributed by atoms with Crippen molar-refractivity contribution < 1.29 is 8.42 Å². The van der Waals surface area contributed by atoms with Crippen molar-refractivity contribution in [2.75, 3.05) is 4.72 Å². The number of rotatable bonds is 3. The number of sulfonamides is 1. The summed E-state index contributed by atoms with van der Waals surface area (Å²) in [5.41, 5.74) is 5.54. The van der Waals surface area contributed by atoms with Crippen molar-refractivity contribution >= 4 is 15.7 Å². The topological polar surface area (TPSA) is 64.0 Å². The van der Waals surface area contributed by atoms with Gasteiger partial charge < -0.3 is 0 Å². The van der Waals surface area contributed by atoms with Gasteiger partial charge in [-0.2, -0.15) is 5.10 Å². The van der Waals surface area contributed by atoms with E-state index in [0.29, 0.717) is 16.3 Å². The first kappa shape index (κ1) is 16.5. The molecule has 1 aromatic carbocycles. The number of benzene rings is 1. The second kappa shape index (κ2) is 5.43. The molecule has 0 saturated heterocycles. The van der Waals surface area contributed by atoms with Crippen molar-refractivity contribution in [3.63, 3.8) is 0 Å². The van der Waals surface area contributed by atoms with Crippen LogP contribution in [0.2, 0.25) is 0 Å². The van der Waals surface area contributed by atoms with Crippen LogP contribution in [0, 0.1) is 41.5 Å². The van der Waals surface area contributed by atoms with E-state index in [0.717, 1.165) is 27.9 Å². The molecule has 1 heterocycles. The minimum atomic E-state index is -3.65. The highest BCUT2D eigenvalue weighted by atomic mass is 32.2. The molecule has 5 nitrogen and oxygen atoms in total. The largest absolute Gasteiger partial charge is 0.276 e. The Morgan fingerprint density at radius 1 is 1.00 bits per heavy atom. The first-order chi connectivity index (χ1) is 10.1. The fourth-order valence-electron chi connectivity index (χ4n) is 2.69. The number of aryl methyl sites for hydroxylation is 4. The Morgan fingerprint density at radius 3 is 1.91 bits per heavy atom. The fourth-order valence-corrected chi connectivity index (χ4v) is 4.48. The molecule has 0 aliphatic rings. The van der Waals surface area contributed by atoms with Gasteiger partial charge in [0.1, 0.15) is 0 Å². The van der Waals surface area contributed by atoms with E-state index < -0.39 is 10.0 Å². The minimum absolute atomic E-state index is 0.368.